The molecule has 0 saturated carbocycles. The Kier molecular flexibility index (Phi) is 3.70. The predicted molar refractivity (Wildman–Crippen MR) is 38.4 cm³/mol. The standard InChI is InChI=1S/C7H12F3NO/c1-4(6(12)3-11)5(2)7(8,9)10/h4-5H,3,11H2,1-2H3. The first-order valence-electron chi connectivity index (χ1n) is 3.60. The SMILES string of the molecule is CC(C(=O)CN)C(C)C(F)(F)F. The molecule has 0 spiro atoms. The highest BCUT2D eigenvalue weighted by Gasteiger charge is 2.41. The van der Waals surface area contributed by atoms with E-state index in [1.54, 1.807) is 0 Å². The van der Waals surface area contributed by atoms with Crippen LogP contribution in [0.4, 0.5) is 13.2 Å². The molecule has 0 bridgehead atoms. The van der Waals surface area contributed by atoms with Crippen LogP contribution in [-0.2, 0) is 4.79 Å². The number of alkyl halides is 3. The fourth-order valence-electron chi connectivity index (χ4n) is 0.748. The third-order valence-electron chi connectivity index (χ3n) is 1.98. The van der Waals surface area contributed by atoms with Gasteiger partial charge < -0.3 is 5.73 Å². The molecule has 2 N–H and O–H groups in total. The third-order valence-corrected chi connectivity index (χ3v) is 1.98. The van der Waals surface area contributed by atoms with E-state index in [4.69, 9.17) is 5.73 Å². The summed E-state index contributed by atoms with van der Waals surface area (Å²) < 4.78 is 36.0. The summed E-state index contributed by atoms with van der Waals surface area (Å²) in [6.07, 6.45) is -4.32. The lowest BCUT2D eigenvalue weighted by atomic mass is 9.91. The topological polar surface area (TPSA) is 43.1 Å². The Labute approximate surface area is 68.9 Å². The van der Waals surface area contributed by atoms with Gasteiger partial charge in [-0.1, -0.05) is 13.8 Å². The van der Waals surface area contributed by atoms with Gasteiger partial charge in [0.05, 0.1) is 12.5 Å². The van der Waals surface area contributed by atoms with Gasteiger partial charge in [-0.15, -0.1) is 0 Å². The van der Waals surface area contributed by atoms with Crippen LogP contribution in [0.5, 0.6) is 0 Å². The van der Waals surface area contributed by atoms with E-state index < -0.39 is 23.8 Å². The fraction of sp³-hybridized carbons (Fsp3) is 0.857. The molecule has 0 aromatic heterocycles. The highest BCUT2D eigenvalue weighted by molar-refractivity contribution is 5.82. The van der Waals surface area contributed by atoms with Crippen LogP contribution in [0, 0.1) is 11.8 Å². The third kappa shape index (κ3) is 2.81. The molecule has 0 saturated heterocycles. The van der Waals surface area contributed by atoms with E-state index in [2.05, 4.69) is 0 Å². The molecule has 0 radical (unpaired) electrons. The van der Waals surface area contributed by atoms with Gasteiger partial charge >= 0.3 is 6.18 Å². The minimum atomic E-state index is -4.32. The molecule has 0 aliphatic heterocycles. The Morgan fingerprint density at radius 1 is 1.42 bits per heavy atom. The first kappa shape index (κ1) is 11.4. The van der Waals surface area contributed by atoms with Gasteiger partial charge in [-0.05, 0) is 0 Å². The van der Waals surface area contributed by atoms with Crippen molar-refractivity contribution in [3.8, 4) is 0 Å². The number of hydrogen-bond acceptors (Lipinski definition) is 2. The number of ketones is 1. The first-order chi connectivity index (χ1) is 5.30. The monoisotopic (exact) mass is 183 g/mol. The number of hydrogen-bond donors (Lipinski definition) is 1. The molecule has 0 aromatic rings. The molecule has 0 aliphatic rings. The lowest BCUT2D eigenvalue weighted by Gasteiger charge is -2.20. The highest BCUT2D eigenvalue weighted by Crippen LogP contribution is 2.31. The number of carbonyl (C=O) groups excluding carboxylic acids is 1. The number of rotatable bonds is 3. The van der Waals surface area contributed by atoms with Crippen molar-refractivity contribution >= 4 is 5.78 Å². The fourth-order valence-corrected chi connectivity index (χ4v) is 0.748. The van der Waals surface area contributed by atoms with Crippen molar-refractivity contribution in [2.45, 2.75) is 20.0 Å². The average Bonchev–Trinajstić information content (AvgIpc) is 1.98. The summed E-state index contributed by atoms with van der Waals surface area (Å²) in [5, 5.41) is 0. The summed E-state index contributed by atoms with van der Waals surface area (Å²) in [6, 6.07) is 0. The number of carbonyl (C=O) groups is 1. The maximum atomic E-state index is 12.0. The van der Waals surface area contributed by atoms with Crippen molar-refractivity contribution in [3.63, 3.8) is 0 Å². The molecule has 0 amide bonds. The molecule has 5 heteroatoms. The van der Waals surface area contributed by atoms with Crippen molar-refractivity contribution in [3.05, 3.63) is 0 Å². The van der Waals surface area contributed by atoms with E-state index in [0.717, 1.165) is 6.92 Å². The molecule has 72 valence electrons. The van der Waals surface area contributed by atoms with Gasteiger partial charge in [-0.2, -0.15) is 13.2 Å². The number of halogens is 3. The Morgan fingerprint density at radius 2 is 1.83 bits per heavy atom. The molecular weight excluding hydrogens is 171 g/mol. The summed E-state index contributed by atoms with van der Waals surface area (Å²) in [4.78, 5) is 10.8. The van der Waals surface area contributed by atoms with Gasteiger partial charge in [-0.3, -0.25) is 4.79 Å². The van der Waals surface area contributed by atoms with Crippen LogP contribution in [0.3, 0.4) is 0 Å². The molecule has 12 heavy (non-hydrogen) atoms. The van der Waals surface area contributed by atoms with Gasteiger partial charge in [0.25, 0.3) is 0 Å². The lowest BCUT2D eigenvalue weighted by molar-refractivity contribution is -0.184. The lowest BCUT2D eigenvalue weighted by Crippen LogP contribution is -2.34. The Balaban J connectivity index is 4.29. The van der Waals surface area contributed by atoms with E-state index in [0.29, 0.717) is 0 Å². The van der Waals surface area contributed by atoms with E-state index in [1.165, 1.54) is 6.92 Å². The normalized spacial score (nSPS) is 17.2. The molecule has 0 heterocycles. The second-order valence-corrected chi connectivity index (χ2v) is 2.79. The van der Waals surface area contributed by atoms with Crippen LogP contribution in [0.1, 0.15) is 13.8 Å². The van der Waals surface area contributed by atoms with Crippen LogP contribution >= 0.6 is 0 Å². The van der Waals surface area contributed by atoms with Crippen LogP contribution in [-0.4, -0.2) is 18.5 Å². The second-order valence-electron chi connectivity index (χ2n) is 2.79. The molecule has 0 aromatic carbocycles. The van der Waals surface area contributed by atoms with Crippen molar-refractivity contribution in [2.75, 3.05) is 6.54 Å². The molecule has 2 atom stereocenters. The first-order valence-corrected chi connectivity index (χ1v) is 3.60. The maximum absolute atomic E-state index is 12.0. The minimum Gasteiger partial charge on any atom is -0.324 e. The predicted octanol–water partition coefficient (Wildman–Crippen LogP) is 1.35. The molecule has 0 fully saturated rings. The van der Waals surface area contributed by atoms with Gasteiger partial charge in [-0.25, -0.2) is 0 Å². The van der Waals surface area contributed by atoms with Crippen molar-refractivity contribution in [1.82, 2.24) is 0 Å². The molecule has 2 nitrogen and oxygen atoms in total. The zero-order chi connectivity index (χ0) is 9.94. The zero-order valence-electron chi connectivity index (χ0n) is 6.98. The van der Waals surface area contributed by atoms with Crippen LogP contribution < -0.4 is 5.73 Å². The second kappa shape index (κ2) is 3.89. The summed E-state index contributed by atoms with van der Waals surface area (Å²) in [6.45, 7) is 1.90. The van der Waals surface area contributed by atoms with Gasteiger partial charge in [0.15, 0.2) is 0 Å². The van der Waals surface area contributed by atoms with E-state index in [9.17, 15) is 18.0 Å². The average molecular weight is 183 g/mol. The zero-order valence-corrected chi connectivity index (χ0v) is 6.98. The Bertz CT molecular complexity index is 167. The van der Waals surface area contributed by atoms with E-state index in [-0.39, 0.29) is 6.54 Å². The van der Waals surface area contributed by atoms with E-state index in [1.807, 2.05) is 0 Å². The van der Waals surface area contributed by atoms with Crippen molar-refractivity contribution in [1.29, 1.82) is 0 Å². The van der Waals surface area contributed by atoms with Crippen LogP contribution in [0.2, 0.25) is 0 Å². The Morgan fingerprint density at radius 3 is 2.08 bits per heavy atom. The smallest absolute Gasteiger partial charge is 0.324 e. The largest absolute Gasteiger partial charge is 0.392 e. The van der Waals surface area contributed by atoms with Crippen molar-refractivity contribution in [2.24, 2.45) is 17.6 Å². The van der Waals surface area contributed by atoms with Gasteiger partial charge in [0.1, 0.15) is 5.78 Å². The quantitative estimate of drug-likeness (QED) is 0.717. The van der Waals surface area contributed by atoms with Crippen LogP contribution in [0.25, 0.3) is 0 Å². The van der Waals surface area contributed by atoms with Crippen LogP contribution in [0.15, 0.2) is 0 Å². The summed E-state index contributed by atoms with van der Waals surface area (Å²) in [5.74, 6) is -3.22. The Hall–Kier alpha value is -0.580. The number of nitrogens with two attached hydrogens (primary N) is 1. The van der Waals surface area contributed by atoms with Crippen molar-refractivity contribution < 1.29 is 18.0 Å². The molecule has 0 rings (SSSR count). The minimum absolute atomic E-state index is 0.332. The van der Waals surface area contributed by atoms with Gasteiger partial charge in [0, 0.05) is 5.92 Å². The van der Waals surface area contributed by atoms with Gasteiger partial charge in [0.2, 0.25) is 0 Å². The van der Waals surface area contributed by atoms with E-state index >= 15 is 0 Å². The summed E-state index contributed by atoms with van der Waals surface area (Å²) in [7, 11) is 0. The molecule has 2 unspecified atom stereocenters. The maximum Gasteiger partial charge on any atom is 0.392 e. The summed E-state index contributed by atoms with van der Waals surface area (Å²) in [5.41, 5.74) is 4.94. The molecule has 0 aliphatic carbocycles. The number of Topliss-reactive ketones (excluding diaryl/α,β-unsaturated/α-hetero) is 1. The highest BCUT2D eigenvalue weighted by atomic mass is 19.4. The molecular formula is C7H12F3NO. The summed E-state index contributed by atoms with van der Waals surface area (Å²) >= 11 is 0.